The van der Waals surface area contributed by atoms with Crippen LogP contribution in [0.5, 0.6) is 0 Å². The minimum Gasteiger partial charge on any atom is -0.477 e. The van der Waals surface area contributed by atoms with E-state index in [-0.39, 0.29) is 23.6 Å². The predicted octanol–water partition coefficient (Wildman–Crippen LogP) is 2.49. The first-order valence-electron chi connectivity index (χ1n) is 11.3. The molecule has 4 rings (SSSR count). The number of carboxylic acids is 1. The number of nitrogens with two attached hydrogens (primary N) is 1. The fourth-order valence-corrected chi connectivity index (χ4v) is 6.32. The summed E-state index contributed by atoms with van der Waals surface area (Å²) in [4.78, 5) is 55.1. The zero-order chi connectivity index (χ0) is 27.0. The Balaban J connectivity index is 1.62. The van der Waals surface area contributed by atoms with Crippen molar-refractivity contribution in [3.05, 3.63) is 56.7 Å². The van der Waals surface area contributed by atoms with Crippen LogP contribution >= 0.6 is 23.1 Å². The molecule has 3 heterocycles. The van der Waals surface area contributed by atoms with Crippen molar-refractivity contribution >= 4 is 63.6 Å². The lowest BCUT2D eigenvalue weighted by molar-refractivity contribution is -0.150. The van der Waals surface area contributed by atoms with Crippen LogP contribution in [0.4, 0.5) is 5.13 Å². The lowest BCUT2D eigenvalue weighted by Gasteiger charge is -2.49. The van der Waals surface area contributed by atoms with Gasteiger partial charge in [-0.1, -0.05) is 17.7 Å². The molecule has 2 aliphatic heterocycles. The third-order valence-electron chi connectivity index (χ3n) is 6.06. The normalized spacial score (nSPS) is 19.3. The van der Waals surface area contributed by atoms with Gasteiger partial charge in [0.25, 0.3) is 11.8 Å². The van der Waals surface area contributed by atoms with Gasteiger partial charge in [-0.3, -0.25) is 19.3 Å². The maximum Gasteiger partial charge on any atom is 0.352 e. The van der Waals surface area contributed by atoms with Gasteiger partial charge in [-0.05, 0) is 43.5 Å². The summed E-state index contributed by atoms with van der Waals surface area (Å²) in [7, 11) is 0. The van der Waals surface area contributed by atoms with Crippen LogP contribution in [0.15, 0.2) is 28.8 Å². The number of carboxylic acid groups (broad SMARTS) is 1. The number of carbonyl (C=O) groups is 4. The second-order valence-corrected chi connectivity index (χ2v) is 10.8. The highest BCUT2D eigenvalue weighted by Crippen LogP contribution is 2.40. The number of carbonyl (C=O) groups excluding carboxylic acids is 3. The monoisotopic (exact) mass is 542 g/mol. The number of fused-ring (bicyclic) bond motifs is 1. The highest BCUT2D eigenvalue weighted by atomic mass is 32.2. The Morgan fingerprint density at radius 2 is 1.95 bits per heavy atom. The van der Waals surface area contributed by atoms with Crippen molar-refractivity contribution in [1.82, 2.24) is 15.2 Å². The molecule has 0 aliphatic carbocycles. The third-order valence-corrected chi connectivity index (χ3v) is 8.07. The molecule has 0 spiro atoms. The van der Waals surface area contributed by atoms with Crippen molar-refractivity contribution < 1.29 is 29.0 Å². The number of aryl methyl sites for hydroxylation is 3. The lowest BCUT2D eigenvalue weighted by atomic mass is 9.96. The summed E-state index contributed by atoms with van der Waals surface area (Å²) in [5.74, 6) is -2.68. The smallest absolute Gasteiger partial charge is 0.352 e. The molecule has 2 aliphatic rings. The molecule has 12 heteroatoms. The average molecular weight is 543 g/mol. The van der Waals surface area contributed by atoms with Crippen LogP contribution in [0.1, 0.15) is 34.9 Å². The average Bonchev–Trinajstić information content (AvgIpc) is 3.25. The number of thiazole rings is 1. The van der Waals surface area contributed by atoms with Gasteiger partial charge >= 0.3 is 11.9 Å². The molecule has 1 fully saturated rings. The molecule has 0 saturated carbocycles. The first-order valence-corrected chi connectivity index (χ1v) is 13.3. The Morgan fingerprint density at radius 3 is 2.51 bits per heavy atom. The number of rotatable bonds is 7. The second kappa shape index (κ2) is 10.4. The maximum atomic E-state index is 13.5. The largest absolute Gasteiger partial charge is 0.477 e. The Bertz CT molecular complexity index is 1360. The highest BCUT2D eigenvalue weighted by molar-refractivity contribution is 8.00. The zero-order valence-corrected chi connectivity index (χ0v) is 22.3. The minimum atomic E-state index is -1.30. The first-order chi connectivity index (χ1) is 17.5. The number of nitrogen functional groups attached to an aromatic ring is 1. The number of hydrogen-bond donors (Lipinski definition) is 3. The molecular formula is C25H26N4O6S2. The van der Waals surface area contributed by atoms with Crippen LogP contribution in [-0.4, -0.2) is 62.5 Å². The number of ether oxygens (including phenoxy) is 1. The van der Waals surface area contributed by atoms with Crippen molar-refractivity contribution in [3.8, 4) is 0 Å². The summed E-state index contributed by atoms with van der Waals surface area (Å²) >= 11 is 2.49. The number of aliphatic carboxylic acids is 1. The molecule has 4 N–H and O–H groups in total. The Morgan fingerprint density at radius 1 is 1.27 bits per heavy atom. The van der Waals surface area contributed by atoms with E-state index in [1.54, 1.807) is 11.5 Å². The van der Waals surface area contributed by atoms with E-state index in [0.29, 0.717) is 16.4 Å². The van der Waals surface area contributed by atoms with Crippen LogP contribution in [0.2, 0.25) is 0 Å². The summed E-state index contributed by atoms with van der Waals surface area (Å²) < 4.78 is 4.96. The van der Waals surface area contributed by atoms with E-state index in [2.05, 4.69) is 10.3 Å². The predicted molar refractivity (Wildman–Crippen MR) is 141 cm³/mol. The standard InChI is InChI=1S/C25H26N4O6S2/c1-11-5-12(2)16(13(3)6-11)7-17(18-10-37-25(26)27-18)21(31)28-19-22(32)29-20(24(33)34)15(8-35-14(4)30)9-36-23(19)29/h5-7,10,19,23H,8-9H2,1-4H3,(H2,26,27)(H,28,31)(H,33,34)/b17-7-/t19?,23-/m0/s1. The van der Waals surface area contributed by atoms with Gasteiger partial charge in [-0.15, -0.1) is 23.1 Å². The first kappa shape index (κ1) is 26.4. The maximum absolute atomic E-state index is 13.5. The summed E-state index contributed by atoms with van der Waals surface area (Å²) in [5.41, 5.74) is 10.5. The topological polar surface area (TPSA) is 152 Å². The van der Waals surface area contributed by atoms with E-state index in [4.69, 9.17) is 10.5 Å². The second-order valence-electron chi connectivity index (χ2n) is 8.84. The SMILES string of the molecule is CC(=O)OCC1=C(C(=O)O)N2C(=O)C(NC(=O)/C(=C\c3c(C)cc(C)cc3C)c3csc(N)n3)[C@@H]2SC1. The minimum absolute atomic E-state index is 0.213. The van der Waals surface area contributed by atoms with Crippen LogP contribution in [0.25, 0.3) is 11.6 Å². The van der Waals surface area contributed by atoms with Crippen molar-refractivity contribution in [2.75, 3.05) is 18.1 Å². The number of thioether (sulfide) groups is 1. The number of nitrogens with zero attached hydrogens (tertiary/aromatic N) is 2. The number of aromatic nitrogens is 1. The molecule has 0 radical (unpaired) electrons. The summed E-state index contributed by atoms with van der Waals surface area (Å²) in [6.45, 7) is 6.91. The molecule has 2 amide bonds. The van der Waals surface area contributed by atoms with E-state index in [1.165, 1.54) is 30.0 Å². The van der Waals surface area contributed by atoms with Gasteiger partial charge in [0.2, 0.25) is 0 Å². The van der Waals surface area contributed by atoms with Crippen molar-refractivity contribution in [2.45, 2.75) is 39.1 Å². The molecule has 0 bridgehead atoms. The molecule has 1 aromatic heterocycles. The Kier molecular flexibility index (Phi) is 7.42. The summed E-state index contributed by atoms with van der Waals surface area (Å²) in [6.07, 6.45) is 1.74. The number of esters is 1. The fourth-order valence-electron chi connectivity index (χ4n) is 4.43. The van der Waals surface area contributed by atoms with Crippen LogP contribution in [0.3, 0.4) is 0 Å². The number of hydrogen-bond acceptors (Lipinski definition) is 9. The van der Waals surface area contributed by atoms with Gasteiger partial charge in [0, 0.05) is 23.6 Å². The number of anilines is 1. The van der Waals surface area contributed by atoms with E-state index in [0.717, 1.165) is 27.2 Å². The van der Waals surface area contributed by atoms with E-state index >= 15 is 0 Å². The summed E-state index contributed by atoms with van der Waals surface area (Å²) in [6, 6.07) is 3.10. The molecule has 194 valence electrons. The van der Waals surface area contributed by atoms with Crippen molar-refractivity contribution in [3.63, 3.8) is 0 Å². The highest BCUT2D eigenvalue weighted by Gasteiger charge is 2.54. The molecule has 2 aromatic rings. The van der Waals surface area contributed by atoms with Gasteiger partial charge in [0.05, 0.1) is 11.3 Å². The molecule has 1 saturated heterocycles. The fraction of sp³-hybridized carbons (Fsp3) is 0.320. The number of benzene rings is 1. The zero-order valence-electron chi connectivity index (χ0n) is 20.7. The van der Waals surface area contributed by atoms with Gasteiger partial charge < -0.3 is 20.9 Å². The van der Waals surface area contributed by atoms with Crippen LogP contribution < -0.4 is 11.1 Å². The van der Waals surface area contributed by atoms with Crippen molar-refractivity contribution in [2.24, 2.45) is 0 Å². The van der Waals surface area contributed by atoms with Gasteiger partial charge in [-0.2, -0.15) is 0 Å². The number of nitrogens with one attached hydrogen (secondary N) is 1. The van der Waals surface area contributed by atoms with E-state index in [9.17, 15) is 24.3 Å². The molecule has 10 nitrogen and oxygen atoms in total. The van der Waals surface area contributed by atoms with Crippen molar-refractivity contribution in [1.29, 1.82) is 0 Å². The molecule has 1 unspecified atom stereocenters. The van der Waals surface area contributed by atoms with E-state index < -0.39 is 35.2 Å². The quantitative estimate of drug-likeness (QED) is 0.272. The van der Waals surface area contributed by atoms with Crippen LogP contribution in [0, 0.1) is 20.8 Å². The molecule has 2 atom stereocenters. The molecule has 1 aromatic carbocycles. The molecular weight excluding hydrogens is 516 g/mol. The van der Waals surface area contributed by atoms with Gasteiger partial charge in [0.15, 0.2) is 5.13 Å². The summed E-state index contributed by atoms with van der Waals surface area (Å²) in [5, 5.41) is 13.9. The Labute approximate surface area is 221 Å². The van der Waals surface area contributed by atoms with E-state index in [1.807, 2.05) is 32.9 Å². The van der Waals surface area contributed by atoms with Crippen LogP contribution in [-0.2, 0) is 23.9 Å². The lowest BCUT2D eigenvalue weighted by Crippen LogP contribution is -2.70. The third kappa shape index (κ3) is 5.25. The molecule has 37 heavy (non-hydrogen) atoms. The number of amides is 2. The Hall–Kier alpha value is -3.64. The van der Waals surface area contributed by atoms with Gasteiger partial charge in [-0.25, -0.2) is 9.78 Å². The number of β-lactam (4-membered cyclic amide) rings is 1. The van der Waals surface area contributed by atoms with Gasteiger partial charge in [0.1, 0.15) is 23.7 Å².